The average molecular weight is 255 g/mol. The summed E-state index contributed by atoms with van der Waals surface area (Å²) in [6.07, 6.45) is 3.27. The van der Waals surface area contributed by atoms with Crippen molar-refractivity contribution in [2.75, 3.05) is 18.5 Å². The van der Waals surface area contributed by atoms with Gasteiger partial charge in [0, 0.05) is 31.7 Å². The van der Waals surface area contributed by atoms with E-state index < -0.39 is 0 Å². The number of hydrogen-bond acceptors (Lipinski definition) is 3. The summed E-state index contributed by atoms with van der Waals surface area (Å²) in [5.41, 5.74) is 6.92. The normalized spacial score (nSPS) is 21.6. The number of hydrogen-bond donors (Lipinski definition) is 1. The van der Waals surface area contributed by atoms with E-state index in [2.05, 4.69) is 48.1 Å². The molecule has 0 amide bonds. The van der Waals surface area contributed by atoms with Crippen LogP contribution in [0.1, 0.15) is 18.9 Å². The molecule has 1 saturated carbocycles. The molecule has 0 bridgehead atoms. The fourth-order valence-corrected chi connectivity index (χ4v) is 2.79. The SMILES string of the molecule is CC1CC1CN(C)c1ncc(CN)c2ccccc12. The number of fused-ring (bicyclic) bond motifs is 1. The van der Waals surface area contributed by atoms with Crippen LogP contribution in [0, 0.1) is 11.8 Å². The van der Waals surface area contributed by atoms with Gasteiger partial charge in [0.1, 0.15) is 5.82 Å². The second kappa shape index (κ2) is 4.82. The lowest BCUT2D eigenvalue weighted by molar-refractivity contribution is 0.721. The minimum atomic E-state index is 0.539. The van der Waals surface area contributed by atoms with Crippen LogP contribution in [0.5, 0.6) is 0 Å². The topological polar surface area (TPSA) is 42.2 Å². The quantitative estimate of drug-likeness (QED) is 0.913. The van der Waals surface area contributed by atoms with Crippen LogP contribution in [0.2, 0.25) is 0 Å². The highest BCUT2D eigenvalue weighted by molar-refractivity contribution is 5.94. The summed E-state index contributed by atoms with van der Waals surface area (Å²) in [4.78, 5) is 6.92. The van der Waals surface area contributed by atoms with Gasteiger partial charge in [0.15, 0.2) is 0 Å². The predicted molar refractivity (Wildman–Crippen MR) is 80.2 cm³/mol. The Kier molecular flexibility index (Phi) is 3.15. The Morgan fingerprint density at radius 2 is 2.00 bits per heavy atom. The van der Waals surface area contributed by atoms with Crippen molar-refractivity contribution >= 4 is 16.6 Å². The molecule has 0 aliphatic heterocycles. The standard InChI is InChI=1S/C16H21N3/c1-11-7-12(11)10-19(2)16-15-6-4-3-5-14(15)13(8-17)9-18-16/h3-6,9,11-12H,7-8,10,17H2,1-2H3. The molecule has 3 heteroatoms. The van der Waals surface area contributed by atoms with Crippen LogP contribution in [0.3, 0.4) is 0 Å². The molecule has 2 atom stereocenters. The smallest absolute Gasteiger partial charge is 0.136 e. The molecule has 0 saturated heterocycles. The van der Waals surface area contributed by atoms with Crippen molar-refractivity contribution in [2.24, 2.45) is 17.6 Å². The summed E-state index contributed by atoms with van der Waals surface area (Å²) in [5.74, 6) is 2.78. The van der Waals surface area contributed by atoms with Crippen molar-refractivity contribution in [3.05, 3.63) is 36.0 Å². The molecule has 0 spiro atoms. The maximum Gasteiger partial charge on any atom is 0.136 e. The summed E-state index contributed by atoms with van der Waals surface area (Å²) in [6.45, 7) is 3.96. The highest BCUT2D eigenvalue weighted by Crippen LogP contribution is 2.39. The second-order valence-electron chi connectivity index (χ2n) is 5.71. The number of rotatable bonds is 4. The van der Waals surface area contributed by atoms with E-state index in [0.717, 1.165) is 29.8 Å². The van der Waals surface area contributed by atoms with Crippen LogP contribution in [-0.4, -0.2) is 18.6 Å². The molecule has 100 valence electrons. The van der Waals surface area contributed by atoms with Crippen LogP contribution in [0.25, 0.3) is 10.8 Å². The van der Waals surface area contributed by atoms with E-state index in [9.17, 15) is 0 Å². The molecule has 1 aliphatic carbocycles. The number of aromatic nitrogens is 1. The van der Waals surface area contributed by atoms with Crippen LogP contribution in [0.4, 0.5) is 5.82 Å². The molecule has 3 nitrogen and oxygen atoms in total. The number of nitrogens with two attached hydrogens (primary N) is 1. The van der Waals surface area contributed by atoms with Gasteiger partial charge in [-0.1, -0.05) is 31.2 Å². The zero-order valence-corrected chi connectivity index (χ0v) is 11.6. The molecular formula is C16H21N3. The van der Waals surface area contributed by atoms with E-state index in [-0.39, 0.29) is 0 Å². The first-order chi connectivity index (χ1) is 9.20. The van der Waals surface area contributed by atoms with Crippen LogP contribution >= 0.6 is 0 Å². The lowest BCUT2D eigenvalue weighted by Gasteiger charge is -2.20. The molecule has 1 fully saturated rings. The fraction of sp³-hybridized carbons (Fsp3) is 0.438. The third-order valence-electron chi connectivity index (χ3n) is 4.22. The zero-order chi connectivity index (χ0) is 13.4. The number of benzene rings is 1. The van der Waals surface area contributed by atoms with E-state index in [4.69, 9.17) is 5.73 Å². The van der Waals surface area contributed by atoms with E-state index in [1.807, 2.05) is 6.20 Å². The lowest BCUT2D eigenvalue weighted by Crippen LogP contribution is -2.22. The van der Waals surface area contributed by atoms with Gasteiger partial charge >= 0.3 is 0 Å². The third kappa shape index (κ3) is 2.30. The Balaban J connectivity index is 1.99. The molecular weight excluding hydrogens is 234 g/mol. The summed E-state index contributed by atoms with van der Waals surface area (Å²) < 4.78 is 0. The van der Waals surface area contributed by atoms with Gasteiger partial charge in [-0.2, -0.15) is 0 Å². The van der Waals surface area contributed by atoms with Gasteiger partial charge in [0.2, 0.25) is 0 Å². The van der Waals surface area contributed by atoms with Gasteiger partial charge in [0.05, 0.1) is 0 Å². The third-order valence-corrected chi connectivity index (χ3v) is 4.22. The van der Waals surface area contributed by atoms with Gasteiger partial charge in [-0.3, -0.25) is 0 Å². The Morgan fingerprint density at radius 3 is 2.63 bits per heavy atom. The fourth-order valence-electron chi connectivity index (χ4n) is 2.79. The minimum absolute atomic E-state index is 0.539. The van der Waals surface area contributed by atoms with Gasteiger partial charge in [0.25, 0.3) is 0 Å². The van der Waals surface area contributed by atoms with E-state index in [0.29, 0.717) is 6.54 Å². The monoisotopic (exact) mass is 255 g/mol. The highest BCUT2D eigenvalue weighted by Gasteiger charge is 2.33. The van der Waals surface area contributed by atoms with E-state index in [1.165, 1.54) is 17.2 Å². The Bertz CT molecular complexity index is 594. The van der Waals surface area contributed by atoms with Gasteiger partial charge in [-0.25, -0.2) is 4.98 Å². The summed E-state index contributed by atoms with van der Waals surface area (Å²) >= 11 is 0. The summed E-state index contributed by atoms with van der Waals surface area (Å²) in [7, 11) is 2.14. The molecule has 1 aliphatic rings. The molecule has 1 heterocycles. The van der Waals surface area contributed by atoms with Gasteiger partial charge in [-0.15, -0.1) is 0 Å². The Hall–Kier alpha value is -1.61. The predicted octanol–water partition coefficient (Wildman–Crippen LogP) is 2.79. The lowest BCUT2D eigenvalue weighted by atomic mass is 10.1. The molecule has 1 aromatic carbocycles. The molecule has 2 unspecified atom stereocenters. The van der Waals surface area contributed by atoms with Crippen molar-refractivity contribution in [2.45, 2.75) is 19.9 Å². The van der Waals surface area contributed by atoms with Crippen molar-refractivity contribution in [1.29, 1.82) is 0 Å². The first kappa shape index (κ1) is 12.4. The van der Waals surface area contributed by atoms with Crippen molar-refractivity contribution in [1.82, 2.24) is 4.98 Å². The zero-order valence-electron chi connectivity index (χ0n) is 11.6. The maximum absolute atomic E-state index is 5.80. The first-order valence-corrected chi connectivity index (χ1v) is 6.98. The van der Waals surface area contributed by atoms with Crippen LogP contribution < -0.4 is 10.6 Å². The number of pyridine rings is 1. The van der Waals surface area contributed by atoms with Crippen LogP contribution in [-0.2, 0) is 6.54 Å². The van der Waals surface area contributed by atoms with Gasteiger partial charge < -0.3 is 10.6 Å². The largest absolute Gasteiger partial charge is 0.359 e. The molecule has 1 aromatic heterocycles. The van der Waals surface area contributed by atoms with Crippen LogP contribution in [0.15, 0.2) is 30.5 Å². The molecule has 2 N–H and O–H groups in total. The van der Waals surface area contributed by atoms with Crippen molar-refractivity contribution in [3.8, 4) is 0 Å². The van der Waals surface area contributed by atoms with Crippen molar-refractivity contribution < 1.29 is 0 Å². The second-order valence-corrected chi connectivity index (χ2v) is 5.71. The Morgan fingerprint density at radius 1 is 1.32 bits per heavy atom. The Labute approximate surface area is 114 Å². The molecule has 3 rings (SSSR count). The molecule has 0 radical (unpaired) electrons. The van der Waals surface area contributed by atoms with E-state index >= 15 is 0 Å². The number of nitrogens with zero attached hydrogens (tertiary/aromatic N) is 2. The maximum atomic E-state index is 5.80. The number of anilines is 1. The van der Waals surface area contributed by atoms with Crippen molar-refractivity contribution in [3.63, 3.8) is 0 Å². The van der Waals surface area contributed by atoms with Gasteiger partial charge in [-0.05, 0) is 29.2 Å². The highest BCUT2D eigenvalue weighted by atomic mass is 15.2. The first-order valence-electron chi connectivity index (χ1n) is 6.98. The molecule has 2 aromatic rings. The summed E-state index contributed by atoms with van der Waals surface area (Å²) in [5, 5.41) is 2.44. The summed E-state index contributed by atoms with van der Waals surface area (Å²) in [6, 6.07) is 8.41. The van der Waals surface area contributed by atoms with E-state index in [1.54, 1.807) is 0 Å². The average Bonchev–Trinajstić information content (AvgIpc) is 3.12. The molecule has 19 heavy (non-hydrogen) atoms. The minimum Gasteiger partial charge on any atom is -0.359 e.